The summed E-state index contributed by atoms with van der Waals surface area (Å²) in [5, 5.41) is 0. The van der Waals surface area contributed by atoms with Gasteiger partial charge in [0.15, 0.2) is 0 Å². The molecule has 2 nitrogen and oxygen atoms in total. The number of hydrogen-bond acceptors (Lipinski definition) is 0. The highest BCUT2D eigenvalue weighted by atomic mass is 15.1. The van der Waals surface area contributed by atoms with E-state index in [4.69, 9.17) is 0 Å². The zero-order chi connectivity index (χ0) is 28.4. The van der Waals surface area contributed by atoms with Gasteiger partial charge in [-0.2, -0.15) is 0 Å². The third-order valence-corrected chi connectivity index (χ3v) is 8.94. The van der Waals surface area contributed by atoms with Gasteiger partial charge in [-0.15, -0.1) is 0 Å². The molecule has 2 heteroatoms. The number of nitrogens with one attached hydrogen (secondary N) is 1. The zero-order valence-corrected chi connectivity index (χ0v) is 27.0. The first-order chi connectivity index (χ1) is 19.8. The van der Waals surface area contributed by atoms with Crippen LogP contribution >= 0.6 is 0 Å². The van der Waals surface area contributed by atoms with Gasteiger partial charge in [-0.1, -0.05) is 192 Å². The SMILES string of the molecule is CCCCCCCCCCCCCC[C@H](CCCCCCCCCCCCC)c1[nH]cc[n+]1Cc1ccccc1. The van der Waals surface area contributed by atoms with Crippen molar-refractivity contribution >= 4 is 0 Å². The molecule has 1 N–H and O–H groups in total. The zero-order valence-electron chi connectivity index (χ0n) is 27.0. The van der Waals surface area contributed by atoms with Crippen LogP contribution in [0.1, 0.15) is 192 Å². The average molecular weight is 552 g/mol. The number of aromatic nitrogens is 2. The van der Waals surface area contributed by atoms with Crippen LogP contribution in [0.15, 0.2) is 42.7 Å². The number of unbranched alkanes of at least 4 members (excludes halogenated alkanes) is 21. The second-order valence-electron chi connectivity index (χ2n) is 12.7. The first kappa shape index (κ1) is 34.6. The van der Waals surface area contributed by atoms with Crippen LogP contribution in [0.5, 0.6) is 0 Å². The highest BCUT2D eigenvalue weighted by Crippen LogP contribution is 2.26. The van der Waals surface area contributed by atoms with Gasteiger partial charge in [-0.25, -0.2) is 9.55 Å². The number of rotatable bonds is 28. The summed E-state index contributed by atoms with van der Waals surface area (Å²) in [6, 6.07) is 11.0. The van der Waals surface area contributed by atoms with Crippen LogP contribution in [0.3, 0.4) is 0 Å². The van der Waals surface area contributed by atoms with Crippen molar-refractivity contribution in [1.29, 1.82) is 0 Å². The van der Waals surface area contributed by atoms with Crippen LogP contribution in [-0.4, -0.2) is 4.98 Å². The molecular weight excluding hydrogens is 484 g/mol. The first-order valence-corrected chi connectivity index (χ1v) is 18.0. The van der Waals surface area contributed by atoms with E-state index in [0.29, 0.717) is 5.92 Å². The molecule has 0 aliphatic heterocycles. The number of H-pyrrole nitrogens is 1. The number of benzene rings is 1. The number of nitrogens with zero attached hydrogens (tertiary/aromatic N) is 1. The second kappa shape index (κ2) is 25.2. The van der Waals surface area contributed by atoms with Gasteiger partial charge in [0.1, 0.15) is 18.9 Å². The fourth-order valence-corrected chi connectivity index (χ4v) is 6.35. The lowest BCUT2D eigenvalue weighted by atomic mass is 9.93. The summed E-state index contributed by atoms with van der Waals surface area (Å²) in [6.45, 7) is 5.59. The van der Waals surface area contributed by atoms with E-state index in [-0.39, 0.29) is 0 Å². The maximum Gasteiger partial charge on any atom is 0.257 e. The quantitative estimate of drug-likeness (QED) is 0.0801. The summed E-state index contributed by atoms with van der Waals surface area (Å²) in [6.07, 6.45) is 39.9. The van der Waals surface area contributed by atoms with Crippen molar-refractivity contribution in [2.75, 3.05) is 0 Å². The summed E-state index contributed by atoms with van der Waals surface area (Å²) in [5.74, 6) is 2.12. The second-order valence-corrected chi connectivity index (χ2v) is 12.7. The van der Waals surface area contributed by atoms with Gasteiger partial charge in [0.05, 0.1) is 5.92 Å². The van der Waals surface area contributed by atoms with Crippen molar-refractivity contribution in [3.8, 4) is 0 Å². The molecule has 0 aliphatic rings. The van der Waals surface area contributed by atoms with E-state index in [1.807, 2.05) is 0 Å². The Labute approximate surface area is 250 Å². The third kappa shape index (κ3) is 17.3. The van der Waals surface area contributed by atoms with E-state index in [1.54, 1.807) is 0 Å². The smallest absolute Gasteiger partial charge is 0.247 e. The molecule has 40 heavy (non-hydrogen) atoms. The summed E-state index contributed by atoms with van der Waals surface area (Å²) >= 11 is 0. The minimum absolute atomic E-state index is 0.667. The molecule has 0 fully saturated rings. The van der Waals surface area contributed by atoms with Crippen molar-refractivity contribution in [2.24, 2.45) is 0 Å². The van der Waals surface area contributed by atoms with Crippen LogP contribution in [-0.2, 0) is 6.54 Å². The van der Waals surface area contributed by atoms with Crippen LogP contribution in [0.2, 0.25) is 0 Å². The Kier molecular flexibility index (Phi) is 21.8. The molecule has 0 spiro atoms. The molecule has 0 saturated carbocycles. The molecule has 1 heterocycles. The van der Waals surface area contributed by atoms with Gasteiger partial charge < -0.3 is 0 Å². The summed E-state index contributed by atoms with van der Waals surface area (Å²) < 4.78 is 2.49. The van der Waals surface area contributed by atoms with Crippen LogP contribution in [0.4, 0.5) is 0 Å². The molecule has 228 valence electrons. The summed E-state index contributed by atoms with van der Waals surface area (Å²) in [7, 11) is 0. The minimum Gasteiger partial charge on any atom is -0.247 e. The first-order valence-electron chi connectivity index (χ1n) is 18.0. The minimum atomic E-state index is 0.667. The van der Waals surface area contributed by atoms with E-state index in [2.05, 4.69) is 66.1 Å². The van der Waals surface area contributed by atoms with Crippen molar-refractivity contribution in [1.82, 2.24) is 4.98 Å². The van der Waals surface area contributed by atoms with Crippen LogP contribution in [0, 0.1) is 0 Å². The summed E-state index contributed by atoms with van der Waals surface area (Å²) in [4.78, 5) is 3.67. The van der Waals surface area contributed by atoms with E-state index >= 15 is 0 Å². The van der Waals surface area contributed by atoms with Gasteiger partial charge in [0.25, 0.3) is 5.82 Å². The highest BCUT2D eigenvalue weighted by molar-refractivity contribution is 5.13. The Morgan fingerprint density at radius 3 is 1.35 bits per heavy atom. The van der Waals surface area contributed by atoms with Gasteiger partial charge in [0, 0.05) is 0 Å². The van der Waals surface area contributed by atoms with Crippen molar-refractivity contribution < 1.29 is 4.57 Å². The lowest BCUT2D eigenvalue weighted by Crippen LogP contribution is -2.38. The number of aromatic amines is 1. The largest absolute Gasteiger partial charge is 0.257 e. The van der Waals surface area contributed by atoms with Crippen molar-refractivity contribution in [3.63, 3.8) is 0 Å². The molecule has 0 aliphatic carbocycles. The molecule has 1 aromatic heterocycles. The molecule has 0 saturated heterocycles. The van der Waals surface area contributed by atoms with Gasteiger partial charge >= 0.3 is 0 Å². The highest BCUT2D eigenvalue weighted by Gasteiger charge is 2.22. The van der Waals surface area contributed by atoms with E-state index in [9.17, 15) is 0 Å². The standard InChI is InChI=1S/C38H66N2/c1-3-5-7-9-11-13-15-17-19-21-23-28-32-37(31-27-22-20-18-16-14-12-10-8-6-4-2)38-39-33-34-40(38)35-36-29-25-24-26-30-36/h24-26,29-30,33-34,37H,3-23,27-28,31-32,35H2,1-2H3/p+1/t37-/m0/s1. The third-order valence-electron chi connectivity index (χ3n) is 8.94. The Balaban J connectivity index is 1.68. The Bertz CT molecular complexity index is 780. The molecule has 0 unspecified atom stereocenters. The molecule has 0 bridgehead atoms. The van der Waals surface area contributed by atoms with Crippen molar-refractivity contribution in [2.45, 2.75) is 187 Å². The molecule has 2 aromatic rings. The number of imidazole rings is 1. The maximum atomic E-state index is 3.67. The predicted molar refractivity (Wildman–Crippen MR) is 176 cm³/mol. The fraction of sp³-hybridized carbons (Fsp3) is 0.763. The molecule has 1 aromatic carbocycles. The molecule has 1 atom stereocenters. The van der Waals surface area contributed by atoms with E-state index in [1.165, 1.54) is 172 Å². The lowest BCUT2D eigenvalue weighted by molar-refractivity contribution is -0.695. The molecule has 0 amide bonds. The molecule has 2 rings (SSSR count). The Morgan fingerprint density at radius 2 is 0.925 bits per heavy atom. The van der Waals surface area contributed by atoms with Crippen molar-refractivity contribution in [3.05, 3.63) is 54.1 Å². The van der Waals surface area contributed by atoms with Crippen LogP contribution in [0.25, 0.3) is 0 Å². The van der Waals surface area contributed by atoms with Gasteiger partial charge in [0.2, 0.25) is 0 Å². The van der Waals surface area contributed by atoms with Crippen LogP contribution < -0.4 is 4.57 Å². The Hall–Kier alpha value is -1.57. The normalized spacial score (nSPS) is 12.2. The lowest BCUT2D eigenvalue weighted by Gasteiger charge is -2.14. The number of hydrogen-bond donors (Lipinski definition) is 1. The predicted octanol–water partition coefficient (Wildman–Crippen LogP) is 12.2. The molecule has 0 radical (unpaired) electrons. The van der Waals surface area contributed by atoms with E-state index < -0.39 is 0 Å². The summed E-state index contributed by atoms with van der Waals surface area (Å²) in [5.41, 5.74) is 1.40. The Morgan fingerprint density at radius 1 is 0.525 bits per heavy atom. The maximum absolute atomic E-state index is 3.67. The van der Waals surface area contributed by atoms with Gasteiger partial charge in [-0.3, -0.25) is 0 Å². The monoisotopic (exact) mass is 552 g/mol. The average Bonchev–Trinajstić information content (AvgIpc) is 3.43. The molecular formula is C38H67N2+. The topological polar surface area (TPSA) is 19.7 Å². The van der Waals surface area contributed by atoms with Gasteiger partial charge in [-0.05, 0) is 18.4 Å². The van der Waals surface area contributed by atoms with E-state index in [0.717, 1.165) is 6.54 Å². The fourth-order valence-electron chi connectivity index (χ4n) is 6.35.